The van der Waals surface area contributed by atoms with Crippen LogP contribution in [0.25, 0.3) is 0 Å². The number of benzene rings is 4. The van der Waals surface area contributed by atoms with Gasteiger partial charge in [-0.25, -0.2) is 0 Å². The molecule has 0 aromatic heterocycles. The van der Waals surface area contributed by atoms with Gasteiger partial charge in [0.15, 0.2) is 0 Å². The van der Waals surface area contributed by atoms with Crippen LogP contribution in [-0.4, -0.2) is 22.2 Å². The number of aromatic hydroxyl groups is 2. The van der Waals surface area contributed by atoms with Gasteiger partial charge >= 0.3 is 0 Å². The van der Waals surface area contributed by atoms with Crippen molar-refractivity contribution in [1.29, 1.82) is 0 Å². The lowest BCUT2D eigenvalue weighted by atomic mass is 10.1. The zero-order valence-electron chi connectivity index (χ0n) is 16.7. The molecule has 5 heteroatoms. The largest absolute Gasteiger partial charge is 1.00 e. The number of phenolic OH excluding ortho intramolecular Hbond substituents is 2. The lowest BCUT2D eigenvalue weighted by Gasteiger charge is -2.27. The molecule has 0 aliphatic carbocycles. The van der Waals surface area contributed by atoms with Gasteiger partial charge in [0, 0.05) is 6.07 Å². The number of Topliss-reactive ketones (excluding diaryl/α,β-unsaturated/α-hetero) is 1. The van der Waals surface area contributed by atoms with Gasteiger partial charge in [-0.15, -0.1) is 0 Å². The predicted octanol–water partition coefficient (Wildman–Crippen LogP) is 1.28. The molecule has 0 amide bonds. The van der Waals surface area contributed by atoms with Crippen LogP contribution in [0.2, 0.25) is 0 Å². The summed E-state index contributed by atoms with van der Waals surface area (Å²) in [6, 6.07) is 34.5. The summed E-state index contributed by atoms with van der Waals surface area (Å²) in [7, 11) is -2.33. The van der Waals surface area contributed by atoms with E-state index in [1.54, 1.807) is 0 Å². The van der Waals surface area contributed by atoms with Crippen molar-refractivity contribution in [1.82, 2.24) is 0 Å². The van der Waals surface area contributed by atoms with E-state index in [2.05, 4.69) is 36.4 Å². The molecule has 0 saturated carbocycles. The topological polar surface area (TPSA) is 57.5 Å². The summed E-state index contributed by atoms with van der Waals surface area (Å²) in [5.74, 6) is -0.427. The summed E-state index contributed by atoms with van der Waals surface area (Å²) in [5.41, 5.74) is 0.222. The Kier molecular flexibility index (Phi) is 7.12. The predicted molar refractivity (Wildman–Crippen MR) is 124 cm³/mol. The highest BCUT2D eigenvalue weighted by Gasteiger charge is 2.47. The third-order valence-electron chi connectivity index (χ3n) is 5.25. The minimum Gasteiger partial charge on any atom is -1.00 e. The molecule has 3 nitrogen and oxygen atoms in total. The number of hydrogen-bond acceptors (Lipinski definition) is 3. The Hall–Kier alpha value is -3.13. The standard InChI is InChI=1S/C26H21O3P.ClH/c27-20-16-17-24(25(28)18-20)26(29)19-30(21-10-4-1-5-11-21,22-12-6-2-7-13-22)23-14-8-3-9-15-23;/h1-18H,19H2,(H-,27,28,29);1H. The minimum atomic E-state index is -2.33. The van der Waals surface area contributed by atoms with E-state index in [9.17, 15) is 15.0 Å². The number of carbonyl (C=O) groups excluding carboxylic acids is 1. The molecule has 0 saturated heterocycles. The second-order valence-corrected chi connectivity index (χ2v) is 10.6. The highest BCUT2D eigenvalue weighted by Crippen LogP contribution is 2.55. The summed E-state index contributed by atoms with van der Waals surface area (Å²) in [6.45, 7) is 0. The van der Waals surface area contributed by atoms with E-state index in [1.807, 2.05) is 54.6 Å². The molecular formula is C26H22ClO3P. The second kappa shape index (κ2) is 9.78. The van der Waals surface area contributed by atoms with Gasteiger partial charge in [-0.05, 0) is 48.5 Å². The van der Waals surface area contributed by atoms with Crippen LogP contribution in [0, 0.1) is 0 Å². The van der Waals surface area contributed by atoms with E-state index in [0.29, 0.717) is 0 Å². The summed E-state index contributed by atoms with van der Waals surface area (Å²) in [6.07, 6.45) is 0.239. The molecule has 0 aliphatic rings. The first-order chi connectivity index (χ1) is 14.6. The Morgan fingerprint density at radius 3 is 1.45 bits per heavy atom. The van der Waals surface area contributed by atoms with Gasteiger partial charge in [-0.2, -0.15) is 0 Å². The SMILES string of the molecule is O=C(C[P+](c1ccccc1)(c1ccccc1)c1ccccc1)c1ccc(O)cc1O.[Cl-]. The van der Waals surface area contributed by atoms with Gasteiger partial charge in [-0.3, -0.25) is 4.79 Å². The highest BCUT2D eigenvalue weighted by molar-refractivity contribution is 7.96. The van der Waals surface area contributed by atoms with Crippen molar-refractivity contribution in [2.45, 2.75) is 0 Å². The van der Waals surface area contributed by atoms with E-state index in [4.69, 9.17) is 0 Å². The quantitative estimate of drug-likeness (QED) is 0.345. The van der Waals surface area contributed by atoms with E-state index >= 15 is 0 Å². The van der Waals surface area contributed by atoms with Crippen molar-refractivity contribution >= 4 is 29.0 Å². The average Bonchev–Trinajstić information content (AvgIpc) is 2.79. The highest BCUT2D eigenvalue weighted by atomic mass is 35.5. The summed E-state index contributed by atoms with van der Waals surface area (Å²) < 4.78 is 0. The molecule has 0 radical (unpaired) electrons. The number of halogens is 1. The van der Waals surface area contributed by atoms with Gasteiger partial charge in [0.05, 0.1) is 5.56 Å². The van der Waals surface area contributed by atoms with Crippen molar-refractivity contribution in [3.8, 4) is 11.5 Å². The van der Waals surface area contributed by atoms with Crippen molar-refractivity contribution in [2.24, 2.45) is 0 Å². The van der Waals surface area contributed by atoms with Crippen molar-refractivity contribution in [2.75, 3.05) is 6.16 Å². The number of carbonyl (C=O) groups is 1. The zero-order chi connectivity index (χ0) is 21.0. The smallest absolute Gasteiger partial charge is 0.204 e. The first-order valence-electron chi connectivity index (χ1n) is 9.71. The first-order valence-corrected chi connectivity index (χ1v) is 11.7. The fraction of sp³-hybridized carbons (Fsp3) is 0.0385. The van der Waals surface area contributed by atoms with Gasteiger partial charge in [0.2, 0.25) is 5.78 Å². The molecule has 0 unspecified atom stereocenters. The van der Waals surface area contributed by atoms with Crippen molar-refractivity contribution in [3.63, 3.8) is 0 Å². The van der Waals surface area contributed by atoms with Crippen molar-refractivity contribution < 1.29 is 27.4 Å². The van der Waals surface area contributed by atoms with Crippen LogP contribution < -0.4 is 28.3 Å². The van der Waals surface area contributed by atoms with Crippen molar-refractivity contribution in [3.05, 3.63) is 115 Å². The number of phenols is 2. The third-order valence-corrected chi connectivity index (χ3v) is 9.55. The molecule has 4 aromatic carbocycles. The maximum atomic E-state index is 13.5. The van der Waals surface area contributed by atoms with Crippen LogP contribution in [-0.2, 0) is 0 Å². The van der Waals surface area contributed by atoms with Crippen LogP contribution >= 0.6 is 7.26 Å². The molecule has 0 aliphatic heterocycles. The monoisotopic (exact) mass is 448 g/mol. The lowest BCUT2D eigenvalue weighted by Crippen LogP contribution is -3.00. The molecular weight excluding hydrogens is 427 g/mol. The van der Waals surface area contributed by atoms with E-state index in [0.717, 1.165) is 15.9 Å². The average molecular weight is 449 g/mol. The Bertz CT molecular complexity index is 1050. The molecule has 0 atom stereocenters. The number of rotatable bonds is 6. The summed E-state index contributed by atoms with van der Waals surface area (Å²) in [4.78, 5) is 13.5. The molecule has 4 aromatic rings. The van der Waals surface area contributed by atoms with Crippen LogP contribution in [0.5, 0.6) is 11.5 Å². The lowest BCUT2D eigenvalue weighted by molar-refractivity contribution is -0.0000161. The van der Waals surface area contributed by atoms with Gasteiger partial charge in [0.1, 0.15) is 40.8 Å². The molecule has 0 spiro atoms. The Morgan fingerprint density at radius 1 is 0.645 bits per heavy atom. The molecule has 0 heterocycles. The maximum absolute atomic E-state index is 13.5. The van der Waals surface area contributed by atoms with Crippen LogP contribution in [0.15, 0.2) is 109 Å². The molecule has 4 rings (SSSR count). The minimum absolute atomic E-state index is 0. The van der Waals surface area contributed by atoms with Crippen LogP contribution in [0.3, 0.4) is 0 Å². The van der Waals surface area contributed by atoms with E-state index in [1.165, 1.54) is 18.2 Å². The number of ketones is 1. The van der Waals surface area contributed by atoms with Gasteiger partial charge in [-0.1, -0.05) is 54.6 Å². The maximum Gasteiger partial charge on any atom is 0.204 e. The second-order valence-electron chi connectivity index (χ2n) is 7.10. The summed E-state index contributed by atoms with van der Waals surface area (Å²) in [5, 5.41) is 23.2. The third kappa shape index (κ3) is 4.49. The van der Waals surface area contributed by atoms with E-state index < -0.39 is 7.26 Å². The van der Waals surface area contributed by atoms with Crippen LogP contribution in [0.1, 0.15) is 10.4 Å². The first kappa shape index (κ1) is 22.6. The van der Waals surface area contributed by atoms with Crippen LogP contribution in [0.4, 0.5) is 0 Å². The normalized spacial score (nSPS) is 10.8. The fourth-order valence-corrected chi connectivity index (χ4v) is 7.91. The fourth-order valence-electron chi connectivity index (χ4n) is 3.82. The Balaban J connectivity index is 0.00000272. The van der Waals surface area contributed by atoms with Gasteiger partial charge in [0.25, 0.3) is 0 Å². The van der Waals surface area contributed by atoms with E-state index in [-0.39, 0.29) is 41.4 Å². The number of hydrogen-bond donors (Lipinski definition) is 2. The Labute approximate surface area is 188 Å². The molecule has 0 fully saturated rings. The molecule has 156 valence electrons. The Morgan fingerprint density at radius 2 is 1.06 bits per heavy atom. The van der Waals surface area contributed by atoms with Gasteiger partial charge < -0.3 is 22.6 Å². The molecule has 31 heavy (non-hydrogen) atoms. The molecule has 2 N–H and O–H groups in total. The molecule has 0 bridgehead atoms. The summed E-state index contributed by atoms with van der Waals surface area (Å²) >= 11 is 0. The zero-order valence-corrected chi connectivity index (χ0v) is 18.4.